The van der Waals surface area contributed by atoms with Crippen LogP contribution in [-0.4, -0.2) is 27.3 Å². The molecule has 0 aliphatic heterocycles. The normalized spacial score (nSPS) is 11.8. The van der Waals surface area contributed by atoms with Crippen LogP contribution >= 0.6 is 0 Å². The van der Waals surface area contributed by atoms with E-state index in [1.54, 1.807) is 0 Å². The first-order chi connectivity index (χ1) is 4.62. The van der Waals surface area contributed by atoms with Crippen LogP contribution in [0.15, 0.2) is 0 Å². The third kappa shape index (κ3) is 4.68. The number of hydrogen-bond acceptors (Lipinski definition) is 5. The summed E-state index contributed by atoms with van der Waals surface area (Å²) >= 11 is 0. The highest BCUT2D eigenvalue weighted by atomic mass is 32.2. The zero-order chi connectivity index (χ0) is 8.04. The third-order valence-electron chi connectivity index (χ3n) is 0.707. The van der Waals surface area contributed by atoms with Gasteiger partial charge in [-0.25, -0.2) is 4.89 Å². The SMILES string of the molecule is CCS(=O)(=O)OOCCN. The first-order valence-corrected chi connectivity index (χ1v) is 4.44. The van der Waals surface area contributed by atoms with Crippen molar-refractivity contribution in [3.05, 3.63) is 0 Å². The summed E-state index contributed by atoms with van der Waals surface area (Å²) in [6, 6.07) is 0. The van der Waals surface area contributed by atoms with E-state index in [1.807, 2.05) is 0 Å². The van der Waals surface area contributed by atoms with Crippen molar-refractivity contribution in [3.63, 3.8) is 0 Å². The van der Waals surface area contributed by atoms with E-state index in [4.69, 9.17) is 5.73 Å². The number of rotatable bonds is 5. The molecule has 0 saturated carbocycles. The molecule has 10 heavy (non-hydrogen) atoms. The Morgan fingerprint density at radius 2 is 2.10 bits per heavy atom. The minimum Gasteiger partial charge on any atom is -0.328 e. The summed E-state index contributed by atoms with van der Waals surface area (Å²) < 4.78 is 25.0. The average molecular weight is 169 g/mol. The van der Waals surface area contributed by atoms with Crippen molar-refractivity contribution in [1.82, 2.24) is 0 Å². The molecule has 2 N–H and O–H groups in total. The summed E-state index contributed by atoms with van der Waals surface area (Å²) in [6.07, 6.45) is 0. The Labute approximate surface area is 60.2 Å². The Kier molecular flexibility index (Phi) is 4.54. The molecule has 5 nitrogen and oxygen atoms in total. The van der Waals surface area contributed by atoms with Gasteiger partial charge in [0.15, 0.2) is 0 Å². The summed E-state index contributed by atoms with van der Waals surface area (Å²) in [5.74, 6) is -0.0996. The van der Waals surface area contributed by atoms with Gasteiger partial charge in [-0.3, -0.25) is 0 Å². The molecule has 0 spiro atoms. The predicted octanol–water partition coefficient (Wildman–Crippen LogP) is -0.757. The zero-order valence-corrected chi connectivity index (χ0v) is 6.56. The van der Waals surface area contributed by atoms with Crippen molar-refractivity contribution in [1.29, 1.82) is 0 Å². The molecule has 0 bridgehead atoms. The highest BCUT2D eigenvalue weighted by Gasteiger charge is 2.06. The highest BCUT2D eigenvalue weighted by Crippen LogP contribution is 1.91. The summed E-state index contributed by atoms with van der Waals surface area (Å²) in [4.78, 5) is 4.23. The fourth-order valence-corrected chi connectivity index (χ4v) is 0.514. The average Bonchev–Trinajstić information content (AvgIpc) is 1.89. The Hall–Kier alpha value is -0.170. The largest absolute Gasteiger partial charge is 0.328 e. The molecule has 62 valence electrons. The molecule has 0 radical (unpaired) electrons. The molecule has 0 saturated heterocycles. The second-order valence-corrected chi connectivity index (χ2v) is 3.35. The van der Waals surface area contributed by atoms with E-state index < -0.39 is 10.1 Å². The van der Waals surface area contributed by atoms with E-state index >= 15 is 0 Å². The van der Waals surface area contributed by atoms with Crippen LogP contribution in [0.1, 0.15) is 6.92 Å². The van der Waals surface area contributed by atoms with Crippen LogP contribution in [-0.2, 0) is 19.3 Å². The minimum atomic E-state index is -3.47. The standard InChI is InChI=1S/C4H11NO4S/c1-2-10(6,7)9-8-4-3-5/h2-5H2,1H3. The van der Waals surface area contributed by atoms with Gasteiger partial charge >= 0.3 is 0 Å². The molecule has 0 aromatic carbocycles. The lowest BCUT2D eigenvalue weighted by molar-refractivity contribution is -0.198. The Morgan fingerprint density at radius 3 is 2.50 bits per heavy atom. The molecule has 6 heteroatoms. The van der Waals surface area contributed by atoms with E-state index in [0.29, 0.717) is 0 Å². The Morgan fingerprint density at radius 1 is 1.50 bits per heavy atom. The van der Waals surface area contributed by atoms with Crippen LogP contribution < -0.4 is 5.73 Å². The van der Waals surface area contributed by atoms with Crippen molar-refractivity contribution in [2.75, 3.05) is 18.9 Å². The van der Waals surface area contributed by atoms with Crippen molar-refractivity contribution in [2.24, 2.45) is 5.73 Å². The summed E-state index contributed by atoms with van der Waals surface area (Å²) in [5.41, 5.74) is 5.00. The molecule has 0 heterocycles. The van der Waals surface area contributed by atoms with Crippen molar-refractivity contribution >= 4 is 10.1 Å². The van der Waals surface area contributed by atoms with E-state index in [2.05, 4.69) is 9.22 Å². The molecular formula is C4H11NO4S. The number of hydrogen-bond donors (Lipinski definition) is 1. The summed E-state index contributed by atoms with van der Waals surface area (Å²) in [7, 11) is -3.47. The van der Waals surface area contributed by atoms with Crippen LogP contribution in [0, 0.1) is 0 Å². The van der Waals surface area contributed by atoms with E-state index in [9.17, 15) is 8.42 Å². The van der Waals surface area contributed by atoms with Gasteiger partial charge in [0.1, 0.15) is 0 Å². The van der Waals surface area contributed by atoms with Gasteiger partial charge in [0.05, 0.1) is 12.4 Å². The molecule has 0 aliphatic carbocycles. The lowest BCUT2D eigenvalue weighted by Crippen LogP contribution is -2.13. The van der Waals surface area contributed by atoms with Crippen molar-refractivity contribution in [2.45, 2.75) is 6.92 Å². The van der Waals surface area contributed by atoms with E-state index in [0.717, 1.165) is 0 Å². The molecule has 0 fully saturated rings. The van der Waals surface area contributed by atoms with Gasteiger partial charge in [-0.05, 0) is 6.92 Å². The zero-order valence-electron chi connectivity index (χ0n) is 5.74. The quantitative estimate of drug-likeness (QED) is 0.332. The molecule has 0 aromatic rings. The summed E-state index contributed by atoms with van der Waals surface area (Å²) in [6.45, 7) is 1.78. The Bertz CT molecular complexity index is 164. The molecule has 0 aliphatic rings. The number of nitrogens with two attached hydrogens (primary N) is 1. The van der Waals surface area contributed by atoms with Gasteiger partial charge in [-0.2, -0.15) is 8.42 Å². The van der Waals surface area contributed by atoms with Gasteiger partial charge in [0.25, 0.3) is 10.1 Å². The minimum absolute atomic E-state index is 0.0826. The van der Waals surface area contributed by atoms with Crippen LogP contribution in [0.4, 0.5) is 0 Å². The second-order valence-electron chi connectivity index (χ2n) is 1.53. The third-order valence-corrected chi connectivity index (χ3v) is 1.72. The topological polar surface area (TPSA) is 78.6 Å². The highest BCUT2D eigenvalue weighted by molar-refractivity contribution is 7.86. The fourth-order valence-electron chi connectivity index (χ4n) is 0.204. The van der Waals surface area contributed by atoms with Crippen LogP contribution in [0.25, 0.3) is 0 Å². The van der Waals surface area contributed by atoms with Crippen LogP contribution in [0.5, 0.6) is 0 Å². The second kappa shape index (κ2) is 4.62. The van der Waals surface area contributed by atoms with Gasteiger partial charge in [0, 0.05) is 6.54 Å². The lowest BCUT2D eigenvalue weighted by atomic mass is 10.8. The maximum atomic E-state index is 10.5. The first-order valence-electron chi connectivity index (χ1n) is 2.86. The van der Waals surface area contributed by atoms with Crippen LogP contribution in [0.2, 0.25) is 0 Å². The fraction of sp³-hybridized carbons (Fsp3) is 1.00. The molecule has 0 amide bonds. The predicted molar refractivity (Wildman–Crippen MR) is 35.6 cm³/mol. The van der Waals surface area contributed by atoms with Crippen molar-refractivity contribution < 1.29 is 17.6 Å². The van der Waals surface area contributed by atoms with E-state index in [1.165, 1.54) is 6.92 Å². The van der Waals surface area contributed by atoms with Gasteiger partial charge in [0.2, 0.25) is 0 Å². The maximum absolute atomic E-state index is 10.5. The molecule has 0 unspecified atom stereocenters. The molecule has 0 aromatic heterocycles. The molecule has 0 rings (SSSR count). The van der Waals surface area contributed by atoms with Crippen molar-refractivity contribution in [3.8, 4) is 0 Å². The monoisotopic (exact) mass is 169 g/mol. The smallest absolute Gasteiger partial charge is 0.293 e. The van der Waals surface area contributed by atoms with E-state index in [-0.39, 0.29) is 18.9 Å². The maximum Gasteiger partial charge on any atom is 0.293 e. The molecular weight excluding hydrogens is 158 g/mol. The molecule has 0 atom stereocenters. The van der Waals surface area contributed by atoms with Crippen LogP contribution in [0.3, 0.4) is 0 Å². The van der Waals surface area contributed by atoms with Gasteiger partial charge in [-0.15, -0.1) is 4.33 Å². The first kappa shape index (κ1) is 9.83. The summed E-state index contributed by atoms with van der Waals surface area (Å²) in [5, 5.41) is 0. The van der Waals surface area contributed by atoms with Gasteiger partial charge < -0.3 is 5.73 Å². The Balaban J connectivity index is 3.49. The lowest BCUT2D eigenvalue weighted by Gasteiger charge is -1.99. The van der Waals surface area contributed by atoms with Gasteiger partial charge in [-0.1, -0.05) is 0 Å².